The first-order chi connectivity index (χ1) is 13.0. The fourth-order valence-electron chi connectivity index (χ4n) is 2.90. The summed E-state index contributed by atoms with van der Waals surface area (Å²) in [7, 11) is 0. The highest BCUT2D eigenvalue weighted by atomic mass is 35.5. The van der Waals surface area contributed by atoms with Crippen LogP contribution in [-0.2, 0) is 11.3 Å². The molecular formula is C21H25ClN4O2. The Morgan fingerprint density at radius 3 is 2.43 bits per heavy atom. The zero-order valence-electron chi connectivity index (χ0n) is 16.0. The van der Waals surface area contributed by atoms with Gasteiger partial charge in [-0.05, 0) is 29.2 Å². The first-order valence-corrected chi connectivity index (χ1v) is 9.02. The van der Waals surface area contributed by atoms with Crippen molar-refractivity contribution in [2.45, 2.75) is 32.4 Å². The molecule has 0 aliphatic carbocycles. The minimum absolute atomic E-state index is 0. The number of para-hydroxylation sites is 1. The van der Waals surface area contributed by atoms with Crippen LogP contribution < -0.4 is 16.6 Å². The van der Waals surface area contributed by atoms with Crippen molar-refractivity contribution < 1.29 is 4.79 Å². The molecule has 6 nitrogen and oxygen atoms in total. The van der Waals surface area contributed by atoms with Gasteiger partial charge in [-0.15, -0.1) is 12.4 Å². The smallest absolute Gasteiger partial charge is 0.261 e. The summed E-state index contributed by atoms with van der Waals surface area (Å²) in [5.74, 6) is 0.187. The number of hydrogen-bond donors (Lipinski definition) is 2. The predicted molar refractivity (Wildman–Crippen MR) is 114 cm³/mol. The average molecular weight is 401 g/mol. The van der Waals surface area contributed by atoms with Gasteiger partial charge in [-0.1, -0.05) is 50.2 Å². The van der Waals surface area contributed by atoms with Crippen molar-refractivity contribution >= 4 is 29.2 Å². The zero-order chi connectivity index (χ0) is 19.4. The van der Waals surface area contributed by atoms with Gasteiger partial charge in [-0.3, -0.25) is 14.2 Å². The number of carbonyl (C=O) groups is 1. The third-order valence-electron chi connectivity index (χ3n) is 4.60. The maximum Gasteiger partial charge on any atom is 0.261 e. The number of rotatable bonds is 6. The van der Waals surface area contributed by atoms with Gasteiger partial charge in [0.1, 0.15) is 6.54 Å². The predicted octanol–water partition coefficient (Wildman–Crippen LogP) is 2.76. The first-order valence-electron chi connectivity index (χ1n) is 9.02. The van der Waals surface area contributed by atoms with Crippen LogP contribution in [0.4, 0.5) is 0 Å². The molecule has 28 heavy (non-hydrogen) atoms. The minimum Gasteiger partial charge on any atom is -0.353 e. The van der Waals surface area contributed by atoms with Crippen LogP contribution in [0, 0.1) is 0 Å². The molecule has 3 rings (SSSR count). The summed E-state index contributed by atoms with van der Waals surface area (Å²) >= 11 is 0. The van der Waals surface area contributed by atoms with Gasteiger partial charge in [0.15, 0.2) is 0 Å². The summed E-state index contributed by atoms with van der Waals surface area (Å²) in [6.07, 6.45) is 1.40. The summed E-state index contributed by atoms with van der Waals surface area (Å²) in [6.45, 7) is 4.49. The Hall–Kier alpha value is -2.70. The highest BCUT2D eigenvalue weighted by Crippen LogP contribution is 2.17. The van der Waals surface area contributed by atoms with E-state index >= 15 is 0 Å². The van der Waals surface area contributed by atoms with Crippen LogP contribution in [0.2, 0.25) is 0 Å². The van der Waals surface area contributed by atoms with E-state index in [9.17, 15) is 9.59 Å². The molecule has 0 radical (unpaired) electrons. The van der Waals surface area contributed by atoms with Gasteiger partial charge in [0.05, 0.1) is 17.2 Å². The number of fused-ring (bicyclic) bond motifs is 1. The molecule has 1 aromatic heterocycles. The van der Waals surface area contributed by atoms with Crippen LogP contribution in [0.5, 0.6) is 0 Å². The van der Waals surface area contributed by atoms with Crippen LogP contribution in [0.15, 0.2) is 59.7 Å². The van der Waals surface area contributed by atoms with Crippen LogP contribution in [-0.4, -0.2) is 22.0 Å². The molecule has 1 unspecified atom stereocenters. The molecular weight excluding hydrogens is 376 g/mol. The molecule has 3 aromatic rings. The Labute approximate surface area is 170 Å². The maximum absolute atomic E-state index is 12.4. The first kappa shape index (κ1) is 21.6. The SMILES string of the molecule is CC(C)c1ccc(C(N)CNC(=O)Cn2cnc3ccccc3c2=O)cc1.Cl. The average Bonchev–Trinajstić information content (AvgIpc) is 2.68. The van der Waals surface area contributed by atoms with Gasteiger partial charge >= 0.3 is 0 Å². The number of nitrogens with one attached hydrogen (secondary N) is 1. The largest absolute Gasteiger partial charge is 0.353 e. The number of nitrogens with two attached hydrogens (primary N) is 1. The van der Waals surface area contributed by atoms with Gasteiger partial charge in [0.25, 0.3) is 5.56 Å². The van der Waals surface area contributed by atoms with E-state index in [2.05, 4.69) is 36.3 Å². The second-order valence-electron chi connectivity index (χ2n) is 6.93. The summed E-state index contributed by atoms with van der Waals surface area (Å²) in [5, 5.41) is 3.29. The van der Waals surface area contributed by atoms with Gasteiger partial charge in [-0.25, -0.2) is 4.98 Å². The van der Waals surface area contributed by atoms with Crippen molar-refractivity contribution in [1.82, 2.24) is 14.9 Å². The lowest BCUT2D eigenvalue weighted by Gasteiger charge is -2.15. The van der Waals surface area contributed by atoms with Crippen molar-refractivity contribution in [3.8, 4) is 0 Å². The Kier molecular flexibility index (Phi) is 7.31. The second-order valence-corrected chi connectivity index (χ2v) is 6.93. The lowest BCUT2D eigenvalue weighted by Crippen LogP contribution is -2.36. The van der Waals surface area contributed by atoms with Crippen molar-refractivity contribution in [1.29, 1.82) is 0 Å². The quantitative estimate of drug-likeness (QED) is 0.665. The lowest BCUT2D eigenvalue weighted by molar-refractivity contribution is -0.121. The molecule has 0 saturated heterocycles. The summed E-state index contributed by atoms with van der Waals surface area (Å²) in [5.41, 5.74) is 8.77. The van der Waals surface area contributed by atoms with E-state index in [0.717, 1.165) is 5.56 Å². The van der Waals surface area contributed by atoms with Crippen LogP contribution in [0.1, 0.15) is 36.9 Å². The number of aromatic nitrogens is 2. The van der Waals surface area contributed by atoms with E-state index in [0.29, 0.717) is 23.4 Å². The van der Waals surface area contributed by atoms with Crippen molar-refractivity contribution in [3.05, 3.63) is 76.3 Å². The van der Waals surface area contributed by atoms with E-state index in [-0.39, 0.29) is 36.5 Å². The fraction of sp³-hybridized carbons (Fsp3) is 0.286. The number of halogens is 1. The standard InChI is InChI=1S/C21H24N4O2.ClH/c1-14(2)15-7-9-16(10-8-15)18(22)11-23-20(26)12-25-13-24-19-6-4-3-5-17(19)21(25)27;/h3-10,13-14,18H,11-12,22H2,1-2H3,(H,23,26);1H. The van der Waals surface area contributed by atoms with E-state index in [1.54, 1.807) is 18.2 Å². The molecule has 3 N–H and O–H groups in total. The molecule has 7 heteroatoms. The molecule has 0 aliphatic rings. The molecule has 1 amide bonds. The van der Waals surface area contributed by atoms with E-state index in [1.165, 1.54) is 16.5 Å². The van der Waals surface area contributed by atoms with E-state index in [1.807, 2.05) is 18.2 Å². The number of benzene rings is 2. The second kappa shape index (κ2) is 9.48. The van der Waals surface area contributed by atoms with Gasteiger partial charge < -0.3 is 11.1 Å². The van der Waals surface area contributed by atoms with E-state index < -0.39 is 0 Å². The third kappa shape index (κ3) is 4.97. The lowest BCUT2D eigenvalue weighted by atomic mass is 9.99. The topological polar surface area (TPSA) is 90.0 Å². The van der Waals surface area contributed by atoms with Crippen molar-refractivity contribution in [2.75, 3.05) is 6.54 Å². The minimum atomic E-state index is -0.304. The molecule has 148 valence electrons. The summed E-state index contributed by atoms with van der Waals surface area (Å²) in [6, 6.07) is 14.9. The third-order valence-corrected chi connectivity index (χ3v) is 4.60. The van der Waals surface area contributed by atoms with Gasteiger partial charge in [-0.2, -0.15) is 0 Å². The molecule has 0 aliphatic heterocycles. The summed E-state index contributed by atoms with van der Waals surface area (Å²) < 4.78 is 1.31. The Morgan fingerprint density at radius 1 is 1.11 bits per heavy atom. The van der Waals surface area contributed by atoms with Crippen molar-refractivity contribution in [3.63, 3.8) is 0 Å². The summed E-state index contributed by atoms with van der Waals surface area (Å²) in [4.78, 5) is 28.9. The number of amides is 1. The van der Waals surface area contributed by atoms with Crippen LogP contribution in [0.3, 0.4) is 0 Å². The molecule has 0 bridgehead atoms. The van der Waals surface area contributed by atoms with Crippen LogP contribution in [0.25, 0.3) is 10.9 Å². The Morgan fingerprint density at radius 2 is 1.75 bits per heavy atom. The van der Waals surface area contributed by atoms with Gasteiger partial charge in [0.2, 0.25) is 5.91 Å². The number of carbonyl (C=O) groups excluding carboxylic acids is 1. The van der Waals surface area contributed by atoms with E-state index in [4.69, 9.17) is 5.73 Å². The molecule has 1 atom stereocenters. The maximum atomic E-state index is 12.4. The molecule has 0 spiro atoms. The number of hydrogen-bond acceptors (Lipinski definition) is 4. The fourth-order valence-corrected chi connectivity index (χ4v) is 2.90. The normalized spacial score (nSPS) is 11.9. The number of nitrogens with zero attached hydrogens (tertiary/aromatic N) is 2. The molecule has 0 fully saturated rings. The molecule has 1 heterocycles. The van der Waals surface area contributed by atoms with Gasteiger partial charge in [0, 0.05) is 12.6 Å². The zero-order valence-corrected chi connectivity index (χ0v) is 16.8. The molecule has 2 aromatic carbocycles. The van der Waals surface area contributed by atoms with Crippen molar-refractivity contribution in [2.24, 2.45) is 5.73 Å². The Balaban J connectivity index is 0.00000280. The molecule has 0 saturated carbocycles. The Bertz CT molecular complexity index is 999. The monoisotopic (exact) mass is 400 g/mol. The highest BCUT2D eigenvalue weighted by molar-refractivity contribution is 5.85. The highest BCUT2D eigenvalue weighted by Gasteiger charge is 2.11. The van der Waals surface area contributed by atoms with Crippen LogP contribution >= 0.6 is 12.4 Å².